The summed E-state index contributed by atoms with van der Waals surface area (Å²) in [5, 5.41) is 14.9. The first-order valence-electron chi connectivity index (χ1n) is 9.38. The van der Waals surface area contributed by atoms with Crippen LogP contribution in [0.5, 0.6) is 11.5 Å². The Morgan fingerprint density at radius 2 is 1.84 bits per heavy atom. The minimum atomic E-state index is -3.49. The standard InChI is InChI=1S/C20H23ClN4O4S2/c1-14-4-5-15(12-18(14)21)25-19(13-29-17-8-6-16(28-2)7-9-17)23-24-20(25)30-10-3-11-31(22,26)27/h4-9,12H,3,10-11,13H2,1-2H3,(H2,22,26,27). The molecule has 0 atom stereocenters. The van der Waals surface area contributed by atoms with Crippen LogP contribution in [0.3, 0.4) is 0 Å². The maximum atomic E-state index is 11.2. The molecule has 0 saturated carbocycles. The summed E-state index contributed by atoms with van der Waals surface area (Å²) < 4.78 is 35.2. The van der Waals surface area contributed by atoms with E-state index in [1.807, 2.05) is 54.0 Å². The van der Waals surface area contributed by atoms with Gasteiger partial charge in [0.25, 0.3) is 0 Å². The zero-order valence-corrected chi connectivity index (χ0v) is 19.5. The third kappa shape index (κ3) is 6.60. The molecule has 31 heavy (non-hydrogen) atoms. The summed E-state index contributed by atoms with van der Waals surface area (Å²) in [5.41, 5.74) is 1.75. The second kappa shape index (κ2) is 10.4. The number of hydrogen-bond donors (Lipinski definition) is 1. The molecule has 8 nitrogen and oxygen atoms in total. The fourth-order valence-corrected chi connectivity index (χ4v) is 4.52. The van der Waals surface area contributed by atoms with Crippen LogP contribution in [0.4, 0.5) is 0 Å². The molecule has 0 radical (unpaired) electrons. The monoisotopic (exact) mass is 482 g/mol. The summed E-state index contributed by atoms with van der Waals surface area (Å²) in [6.45, 7) is 2.11. The third-order valence-corrected chi connectivity index (χ3v) is 6.63. The van der Waals surface area contributed by atoms with Gasteiger partial charge in [-0.05, 0) is 55.3 Å². The summed E-state index contributed by atoms with van der Waals surface area (Å²) in [6.07, 6.45) is 0.405. The first-order valence-corrected chi connectivity index (χ1v) is 12.5. The smallest absolute Gasteiger partial charge is 0.209 e. The number of aryl methyl sites for hydroxylation is 1. The van der Waals surface area contributed by atoms with Gasteiger partial charge in [0.05, 0.1) is 18.6 Å². The Morgan fingerprint density at radius 1 is 1.13 bits per heavy atom. The molecule has 0 fully saturated rings. The van der Waals surface area contributed by atoms with E-state index in [0.29, 0.717) is 33.9 Å². The molecule has 0 unspecified atom stereocenters. The van der Waals surface area contributed by atoms with Crippen LogP contribution < -0.4 is 14.6 Å². The molecule has 3 aromatic rings. The number of nitrogens with zero attached hydrogens (tertiary/aromatic N) is 3. The molecule has 1 aromatic heterocycles. The lowest BCUT2D eigenvalue weighted by Gasteiger charge is -2.12. The number of thioether (sulfide) groups is 1. The molecule has 3 rings (SSSR count). The molecule has 0 aliphatic carbocycles. The minimum Gasteiger partial charge on any atom is -0.497 e. The van der Waals surface area contributed by atoms with Crippen LogP contribution in [0.15, 0.2) is 47.6 Å². The first kappa shape index (κ1) is 23.4. The highest BCUT2D eigenvalue weighted by atomic mass is 35.5. The third-order valence-electron chi connectivity index (χ3n) is 4.35. The van der Waals surface area contributed by atoms with Gasteiger partial charge < -0.3 is 9.47 Å². The SMILES string of the molecule is COc1ccc(OCc2nnc(SCCCS(N)(=O)=O)n2-c2ccc(C)c(Cl)c2)cc1. The lowest BCUT2D eigenvalue weighted by Crippen LogP contribution is -2.16. The highest BCUT2D eigenvalue weighted by molar-refractivity contribution is 7.99. The van der Waals surface area contributed by atoms with E-state index in [1.165, 1.54) is 11.8 Å². The number of ether oxygens (including phenoxy) is 2. The highest BCUT2D eigenvalue weighted by Gasteiger charge is 2.16. The van der Waals surface area contributed by atoms with Crippen molar-refractivity contribution in [3.63, 3.8) is 0 Å². The molecular weight excluding hydrogens is 460 g/mol. The fourth-order valence-electron chi connectivity index (χ4n) is 2.71. The highest BCUT2D eigenvalue weighted by Crippen LogP contribution is 2.27. The lowest BCUT2D eigenvalue weighted by atomic mass is 10.2. The van der Waals surface area contributed by atoms with Gasteiger partial charge in [0.15, 0.2) is 11.0 Å². The fraction of sp³-hybridized carbons (Fsp3) is 0.300. The molecule has 0 bridgehead atoms. The van der Waals surface area contributed by atoms with Gasteiger partial charge in [-0.2, -0.15) is 0 Å². The van der Waals surface area contributed by atoms with Crippen LogP contribution in [0, 0.1) is 6.92 Å². The average molecular weight is 483 g/mol. The van der Waals surface area contributed by atoms with Crippen molar-refractivity contribution in [2.24, 2.45) is 5.14 Å². The van der Waals surface area contributed by atoms with Gasteiger partial charge in [0.1, 0.15) is 18.1 Å². The number of rotatable bonds is 10. The van der Waals surface area contributed by atoms with Crippen LogP contribution >= 0.6 is 23.4 Å². The maximum Gasteiger partial charge on any atom is 0.209 e. The minimum absolute atomic E-state index is 0.0854. The average Bonchev–Trinajstić information content (AvgIpc) is 3.14. The molecular formula is C20H23ClN4O4S2. The summed E-state index contributed by atoms with van der Waals surface area (Å²) in [5.74, 6) is 2.43. The van der Waals surface area contributed by atoms with Gasteiger partial charge >= 0.3 is 0 Å². The van der Waals surface area contributed by atoms with Crippen molar-refractivity contribution in [3.8, 4) is 17.2 Å². The molecule has 0 aliphatic heterocycles. The molecule has 166 valence electrons. The second-order valence-electron chi connectivity index (χ2n) is 6.70. The molecule has 2 aromatic carbocycles. The lowest BCUT2D eigenvalue weighted by molar-refractivity contribution is 0.292. The number of benzene rings is 2. The predicted octanol–water partition coefficient (Wildman–Crippen LogP) is 3.59. The van der Waals surface area contributed by atoms with Crippen LogP contribution in [0.25, 0.3) is 5.69 Å². The largest absolute Gasteiger partial charge is 0.497 e. The Labute approximate surface area is 190 Å². The molecule has 1 heterocycles. The van der Waals surface area contributed by atoms with Crippen LogP contribution in [-0.4, -0.2) is 41.8 Å². The van der Waals surface area contributed by atoms with Gasteiger partial charge in [-0.1, -0.05) is 29.4 Å². The van der Waals surface area contributed by atoms with Crippen LogP contribution in [0.2, 0.25) is 5.02 Å². The molecule has 11 heteroatoms. The van der Waals surface area contributed by atoms with Gasteiger partial charge in [-0.15, -0.1) is 10.2 Å². The van der Waals surface area contributed by atoms with Crippen molar-refractivity contribution >= 4 is 33.4 Å². The Bertz CT molecular complexity index is 1130. The summed E-state index contributed by atoms with van der Waals surface area (Å²) in [6, 6.07) is 12.9. The van der Waals surface area contributed by atoms with E-state index in [1.54, 1.807) is 7.11 Å². The number of nitrogens with two attached hydrogens (primary N) is 1. The topological polar surface area (TPSA) is 109 Å². The van der Waals surface area contributed by atoms with Crippen molar-refractivity contribution in [3.05, 3.63) is 58.9 Å². The Morgan fingerprint density at radius 3 is 2.48 bits per heavy atom. The Balaban J connectivity index is 1.81. The first-order chi connectivity index (χ1) is 14.8. The molecule has 0 aliphatic rings. The number of hydrogen-bond acceptors (Lipinski definition) is 7. The molecule has 0 spiro atoms. The number of primary sulfonamides is 1. The van der Waals surface area contributed by atoms with Crippen molar-refractivity contribution in [1.29, 1.82) is 0 Å². The number of methoxy groups -OCH3 is 1. The van der Waals surface area contributed by atoms with E-state index in [9.17, 15) is 8.42 Å². The second-order valence-corrected chi connectivity index (χ2v) is 9.90. The molecule has 0 saturated heterocycles. The van der Waals surface area contributed by atoms with Gasteiger partial charge in [0, 0.05) is 10.8 Å². The zero-order valence-electron chi connectivity index (χ0n) is 17.1. The van der Waals surface area contributed by atoms with Crippen LogP contribution in [-0.2, 0) is 16.6 Å². The van der Waals surface area contributed by atoms with Gasteiger partial charge in [0.2, 0.25) is 10.0 Å². The number of halogens is 1. The van der Waals surface area contributed by atoms with E-state index in [4.69, 9.17) is 26.2 Å². The maximum absolute atomic E-state index is 11.2. The predicted molar refractivity (Wildman–Crippen MR) is 122 cm³/mol. The van der Waals surface area contributed by atoms with Crippen molar-refractivity contribution in [2.75, 3.05) is 18.6 Å². The normalized spacial score (nSPS) is 11.5. The summed E-state index contributed by atoms with van der Waals surface area (Å²) in [7, 11) is -1.89. The Hall–Kier alpha value is -2.27. The number of sulfonamides is 1. The van der Waals surface area contributed by atoms with E-state index in [2.05, 4.69) is 10.2 Å². The Kier molecular flexibility index (Phi) is 7.82. The summed E-state index contributed by atoms with van der Waals surface area (Å²) in [4.78, 5) is 0. The van der Waals surface area contributed by atoms with E-state index >= 15 is 0 Å². The van der Waals surface area contributed by atoms with Crippen molar-refractivity contribution < 1.29 is 17.9 Å². The van der Waals surface area contributed by atoms with Crippen molar-refractivity contribution in [2.45, 2.75) is 25.1 Å². The van der Waals surface area contributed by atoms with E-state index in [0.717, 1.165) is 17.0 Å². The van der Waals surface area contributed by atoms with E-state index < -0.39 is 10.0 Å². The van der Waals surface area contributed by atoms with Crippen LogP contribution in [0.1, 0.15) is 17.8 Å². The van der Waals surface area contributed by atoms with E-state index in [-0.39, 0.29) is 12.4 Å². The molecule has 2 N–H and O–H groups in total. The number of aromatic nitrogens is 3. The summed E-state index contributed by atoms with van der Waals surface area (Å²) >= 11 is 7.72. The van der Waals surface area contributed by atoms with Crippen molar-refractivity contribution in [1.82, 2.24) is 14.8 Å². The van der Waals surface area contributed by atoms with Gasteiger partial charge in [-0.3, -0.25) is 4.57 Å². The zero-order chi connectivity index (χ0) is 22.4. The molecule has 0 amide bonds. The van der Waals surface area contributed by atoms with Gasteiger partial charge in [-0.25, -0.2) is 13.6 Å². The quantitative estimate of drug-likeness (QED) is 0.347.